The summed E-state index contributed by atoms with van der Waals surface area (Å²) < 4.78 is 6.07. The van der Waals surface area contributed by atoms with Gasteiger partial charge in [-0.2, -0.15) is 5.10 Å². The van der Waals surface area contributed by atoms with Gasteiger partial charge in [0.2, 0.25) is 11.8 Å². The number of esters is 1. The van der Waals surface area contributed by atoms with Gasteiger partial charge >= 0.3 is 5.97 Å². The van der Waals surface area contributed by atoms with E-state index in [1.807, 2.05) is 78.2 Å². The molecule has 2 atom stereocenters. The molecule has 2 aromatic carbocycles. The minimum Gasteiger partial charge on any atom is -0.448 e. The van der Waals surface area contributed by atoms with Crippen molar-refractivity contribution >= 4 is 53.0 Å². The van der Waals surface area contributed by atoms with Gasteiger partial charge < -0.3 is 10.1 Å². The van der Waals surface area contributed by atoms with Gasteiger partial charge in [0.15, 0.2) is 6.10 Å². The number of hydrazone groups is 1. The molecule has 40 heavy (non-hydrogen) atoms. The Kier molecular flexibility index (Phi) is 8.42. The highest BCUT2D eigenvalue weighted by Crippen LogP contribution is 2.41. The second-order valence-electron chi connectivity index (χ2n) is 9.12. The molecule has 2 aliphatic rings. The van der Waals surface area contributed by atoms with Gasteiger partial charge in [-0.1, -0.05) is 66.7 Å². The molecule has 1 unspecified atom stereocenters. The Morgan fingerprint density at radius 1 is 1.05 bits per heavy atom. The zero-order chi connectivity index (χ0) is 28.1. The van der Waals surface area contributed by atoms with Gasteiger partial charge in [-0.25, -0.2) is 10.2 Å². The van der Waals surface area contributed by atoms with Crippen molar-refractivity contribution in [3.05, 3.63) is 105 Å². The van der Waals surface area contributed by atoms with Crippen LogP contribution in [0.3, 0.4) is 0 Å². The number of amides is 3. The first kappa shape index (κ1) is 27.4. The summed E-state index contributed by atoms with van der Waals surface area (Å²) >= 11 is 2.87. The molecule has 2 aliphatic heterocycles. The number of nitrogens with one attached hydrogen (secondary N) is 2. The molecule has 2 N–H and O–H groups in total. The molecule has 0 bridgehead atoms. The third-order valence-corrected chi connectivity index (χ3v) is 8.47. The van der Waals surface area contributed by atoms with E-state index in [4.69, 9.17) is 4.74 Å². The van der Waals surface area contributed by atoms with Crippen molar-refractivity contribution in [3.63, 3.8) is 0 Å². The summed E-state index contributed by atoms with van der Waals surface area (Å²) in [5.41, 5.74) is 4.34. The third-order valence-electron chi connectivity index (χ3n) is 6.29. The smallest absolute Gasteiger partial charge is 0.356 e. The summed E-state index contributed by atoms with van der Waals surface area (Å²) in [6.45, 7) is 1.32. The molecule has 11 heteroatoms. The van der Waals surface area contributed by atoms with Crippen molar-refractivity contribution in [2.75, 3.05) is 5.75 Å². The number of ether oxygens (including phenoxy) is 1. The molecule has 1 saturated heterocycles. The van der Waals surface area contributed by atoms with Crippen LogP contribution in [0.25, 0.3) is 0 Å². The molecule has 1 fully saturated rings. The lowest BCUT2D eigenvalue weighted by Crippen LogP contribution is -2.70. The van der Waals surface area contributed by atoms with Gasteiger partial charge in [0.25, 0.3) is 5.91 Å². The van der Waals surface area contributed by atoms with Gasteiger partial charge in [-0.3, -0.25) is 19.3 Å². The van der Waals surface area contributed by atoms with E-state index >= 15 is 0 Å². The summed E-state index contributed by atoms with van der Waals surface area (Å²) in [4.78, 5) is 53.4. The van der Waals surface area contributed by atoms with Crippen LogP contribution in [0.15, 0.2) is 94.5 Å². The van der Waals surface area contributed by atoms with E-state index in [0.29, 0.717) is 11.3 Å². The first-order valence-corrected chi connectivity index (χ1v) is 14.5. The summed E-state index contributed by atoms with van der Waals surface area (Å²) in [5.74, 6) is -1.43. The van der Waals surface area contributed by atoms with E-state index in [1.54, 1.807) is 0 Å². The Morgan fingerprint density at radius 2 is 1.73 bits per heavy atom. The number of nitrogens with zero attached hydrogens (tertiary/aromatic N) is 2. The highest BCUT2D eigenvalue weighted by molar-refractivity contribution is 8.00. The first-order chi connectivity index (χ1) is 19.4. The van der Waals surface area contributed by atoms with E-state index in [1.165, 1.54) is 41.1 Å². The normalized spacial score (nSPS) is 18.4. The number of thiophene rings is 1. The maximum atomic E-state index is 13.8. The van der Waals surface area contributed by atoms with E-state index < -0.39 is 29.4 Å². The molecule has 9 nitrogen and oxygen atoms in total. The number of rotatable bonds is 9. The van der Waals surface area contributed by atoms with Crippen LogP contribution >= 0.6 is 23.1 Å². The van der Waals surface area contributed by atoms with Crippen molar-refractivity contribution < 1.29 is 23.9 Å². The van der Waals surface area contributed by atoms with Crippen LogP contribution in [0.5, 0.6) is 0 Å². The minimum atomic E-state index is -0.770. The summed E-state index contributed by atoms with van der Waals surface area (Å²) in [5, 5.41) is 8.16. The zero-order valence-corrected chi connectivity index (χ0v) is 23.1. The largest absolute Gasteiger partial charge is 0.448 e. The monoisotopic (exact) mass is 574 g/mol. The van der Waals surface area contributed by atoms with E-state index in [2.05, 4.69) is 15.8 Å². The van der Waals surface area contributed by atoms with Crippen molar-refractivity contribution in [1.29, 1.82) is 0 Å². The SMILES string of the molecule is CC(=O)NN=CC1=C(C(=O)OC(c2ccccc2)c2ccccc2)N2C(=O)C(NC(=O)Cc3cccs3)[C@H]2SC1. The van der Waals surface area contributed by atoms with E-state index in [-0.39, 0.29) is 23.9 Å². The molecule has 0 saturated carbocycles. The summed E-state index contributed by atoms with van der Waals surface area (Å²) in [6.07, 6.45) is 0.812. The average Bonchev–Trinajstić information content (AvgIpc) is 3.48. The summed E-state index contributed by atoms with van der Waals surface area (Å²) in [6, 6.07) is 21.6. The minimum absolute atomic E-state index is 0.0449. The lowest BCUT2D eigenvalue weighted by atomic mass is 10.0. The second-order valence-corrected chi connectivity index (χ2v) is 11.3. The van der Waals surface area contributed by atoms with Crippen molar-refractivity contribution in [2.24, 2.45) is 5.10 Å². The second kappa shape index (κ2) is 12.3. The fourth-order valence-corrected chi connectivity index (χ4v) is 6.48. The number of β-lactam (4-membered cyclic amide) rings is 1. The van der Waals surface area contributed by atoms with Crippen LogP contribution < -0.4 is 10.7 Å². The topological polar surface area (TPSA) is 117 Å². The molecule has 204 valence electrons. The van der Waals surface area contributed by atoms with E-state index in [9.17, 15) is 19.2 Å². The first-order valence-electron chi connectivity index (χ1n) is 12.5. The maximum Gasteiger partial charge on any atom is 0.356 e. The molecular weight excluding hydrogens is 548 g/mol. The van der Waals surface area contributed by atoms with E-state index in [0.717, 1.165) is 16.0 Å². The Morgan fingerprint density at radius 3 is 2.33 bits per heavy atom. The molecule has 0 aliphatic carbocycles. The average molecular weight is 575 g/mol. The van der Waals surface area contributed by atoms with Crippen LogP contribution in [0, 0.1) is 0 Å². The van der Waals surface area contributed by atoms with Gasteiger partial charge in [0.05, 0.1) is 12.6 Å². The van der Waals surface area contributed by atoms with Crippen molar-refractivity contribution in [1.82, 2.24) is 15.6 Å². The molecular formula is C29H26N4O5S2. The van der Waals surface area contributed by atoms with Crippen LogP contribution in [-0.4, -0.2) is 52.0 Å². The lowest BCUT2D eigenvalue weighted by Gasteiger charge is -2.49. The van der Waals surface area contributed by atoms with Gasteiger partial charge in [0.1, 0.15) is 17.1 Å². The number of thioether (sulfide) groups is 1. The fraction of sp³-hybridized carbons (Fsp3) is 0.207. The molecule has 3 aromatic rings. The van der Waals surface area contributed by atoms with Gasteiger partial charge in [-0.15, -0.1) is 23.1 Å². The maximum absolute atomic E-state index is 13.8. The number of carbonyl (C=O) groups excluding carboxylic acids is 4. The standard InChI is InChI=1S/C29H26N4O5S2/c1-18(34)32-30-16-21-17-40-28-24(31-23(35)15-22-13-8-14-39-22)27(36)33(28)25(21)29(37)38-26(19-9-4-2-5-10-19)20-11-6-3-7-12-20/h2-14,16,24,26,28H,15,17H2,1H3,(H,31,35)(H,32,34)/t24?,28-/m1/s1. The predicted octanol–water partition coefficient (Wildman–Crippen LogP) is 3.40. The molecule has 0 spiro atoms. The molecule has 5 rings (SSSR count). The van der Waals surface area contributed by atoms with Crippen LogP contribution in [0.1, 0.15) is 29.0 Å². The van der Waals surface area contributed by atoms with Gasteiger partial charge in [-0.05, 0) is 22.6 Å². The number of fused-ring (bicyclic) bond motifs is 1. The zero-order valence-electron chi connectivity index (χ0n) is 21.5. The Hall–Kier alpha value is -4.22. The highest BCUT2D eigenvalue weighted by Gasteiger charge is 2.54. The fourth-order valence-electron chi connectivity index (χ4n) is 4.48. The quantitative estimate of drug-likeness (QED) is 0.175. The lowest BCUT2D eigenvalue weighted by molar-refractivity contribution is -0.154. The Labute approximate surface area is 239 Å². The molecule has 3 amide bonds. The number of benzene rings is 2. The third kappa shape index (κ3) is 6.00. The van der Waals surface area contributed by atoms with Gasteiger partial charge in [0, 0.05) is 23.1 Å². The predicted molar refractivity (Wildman–Crippen MR) is 153 cm³/mol. The Balaban J connectivity index is 1.41. The van der Waals surface area contributed by atoms with Crippen molar-refractivity contribution in [3.8, 4) is 0 Å². The molecule has 3 heterocycles. The summed E-state index contributed by atoms with van der Waals surface area (Å²) in [7, 11) is 0. The number of hydrogen-bond acceptors (Lipinski definition) is 8. The number of hydrogen-bond donors (Lipinski definition) is 2. The number of carbonyl (C=O) groups is 4. The van der Waals surface area contributed by atoms with Crippen LogP contribution in [0.4, 0.5) is 0 Å². The van der Waals surface area contributed by atoms with Crippen LogP contribution in [-0.2, 0) is 30.3 Å². The van der Waals surface area contributed by atoms with Crippen LogP contribution in [0.2, 0.25) is 0 Å². The highest BCUT2D eigenvalue weighted by atomic mass is 32.2. The molecule has 1 aromatic heterocycles. The van der Waals surface area contributed by atoms with Crippen molar-refractivity contribution in [2.45, 2.75) is 30.9 Å². The molecule has 0 radical (unpaired) electrons. The Bertz CT molecular complexity index is 1420.